The molecule has 0 aliphatic rings. The van der Waals surface area contributed by atoms with E-state index in [4.69, 9.17) is 0 Å². The third-order valence-electron chi connectivity index (χ3n) is 2.30. The highest BCUT2D eigenvalue weighted by molar-refractivity contribution is 9.13. The molecule has 0 spiro atoms. The van der Waals surface area contributed by atoms with Gasteiger partial charge < -0.3 is 0 Å². The third kappa shape index (κ3) is 3.89. The van der Waals surface area contributed by atoms with Crippen molar-refractivity contribution in [2.24, 2.45) is 0 Å². The average Bonchev–Trinajstić information content (AvgIpc) is 2.70. The Hall–Kier alpha value is 0.270. The number of benzene rings is 1. The molecule has 0 aliphatic carbocycles. The summed E-state index contributed by atoms with van der Waals surface area (Å²) in [7, 11) is -3.49. The first-order valence-electron chi connectivity index (χ1n) is 5.08. The van der Waals surface area contributed by atoms with Crippen molar-refractivity contribution < 1.29 is 8.42 Å². The average molecular weight is 490 g/mol. The van der Waals surface area contributed by atoms with E-state index in [1.807, 2.05) is 24.3 Å². The van der Waals surface area contributed by atoms with Crippen LogP contribution in [0.25, 0.3) is 0 Å². The van der Waals surface area contributed by atoms with Crippen LogP contribution in [0.3, 0.4) is 0 Å². The first kappa shape index (κ1) is 15.7. The van der Waals surface area contributed by atoms with Gasteiger partial charge in [-0.3, -0.25) is 0 Å². The fourth-order valence-electron chi connectivity index (χ4n) is 1.34. The van der Waals surface area contributed by atoms with Crippen molar-refractivity contribution in [2.75, 3.05) is 0 Å². The molecule has 1 aromatic carbocycles. The van der Waals surface area contributed by atoms with Crippen molar-refractivity contribution in [1.82, 2.24) is 4.72 Å². The molecule has 0 unspecified atom stereocenters. The van der Waals surface area contributed by atoms with E-state index in [2.05, 4.69) is 52.5 Å². The predicted molar refractivity (Wildman–Crippen MR) is 87.9 cm³/mol. The lowest BCUT2D eigenvalue weighted by Crippen LogP contribution is -2.22. The molecule has 1 N–H and O–H groups in total. The summed E-state index contributed by atoms with van der Waals surface area (Å²) in [6, 6.07) is 9.08. The minimum atomic E-state index is -3.49. The summed E-state index contributed by atoms with van der Waals surface area (Å²) < 4.78 is 29.5. The van der Waals surface area contributed by atoms with Crippen LogP contribution in [0.5, 0.6) is 0 Å². The largest absolute Gasteiger partial charge is 0.250 e. The summed E-state index contributed by atoms with van der Waals surface area (Å²) in [6.45, 7) is 0.247. The van der Waals surface area contributed by atoms with E-state index in [1.54, 1.807) is 6.07 Å². The van der Waals surface area contributed by atoms with Crippen molar-refractivity contribution in [3.8, 4) is 0 Å². The van der Waals surface area contributed by atoms with Crippen LogP contribution in [0.4, 0.5) is 0 Å². The van der Waals surface area contributed by atoms with Crippen LogP contribution in [-0.4, -0.2) is 8.42 Å². The fourth-order valence-corrected chi connectivity index (χ4v) is 5.64. The zero-order valence-electron chi connectivity index (χ0n) is 9.36. The highest BCUT2D eigenvalue weighted by Gasteiger charge is 2.18. The van der Waals surface area contributed by atoms with Gasteiger partial charge in [-0.2, -0.15) is 0 Å². The molecule has 0 radical (unpaired) electrons. The molecule has 2 aromatic rings. The molecule has 1 heterocycles. The van der Waals surface area contributed by atoms with E-state index >= 15 is 0 Å². The number of hydrogen-bond acceptors (Lipinski definition) is 3. The number of rotatable bonds is 4. The smallest absolute Gasteiger partial charge is 0.206 e. The molecule has 3 nitrogen and oxygen atoms in total. The molecule has 0 amide bonds. The van der Waals surface area contributed by atoms with E-state index in [0.29, 0.717) is 0 Å². The standard InChI is InChI=1S/C11H8Br3NO2S2/c12-8-4-2-1-3-7(8)6-15-19(16,17)10-5-9(13)11(14)18-10/h1-5,15H,6H2. The van der Waals surface area contributed by atoms with Gasteiger partial charge in [-0.25, -0.2) is 13.1 Å². The maximum Gasteiger partial charge on any atom is 0.250 e. The van der Waals surface area contributed by atoms with Gasteiger partial charge in [0.25, 0.3) is 0 Å². The normalized spacial score (nSPS) is 11.7. The molecule has 0 saturated heterocycles. The first-order chi connectivity index (χ1) is 8.90. The molecule has 0 aliphatic heterocycles. The van der Waals surface area contributed by atoms with Gasteiger partial charge in [-0.1, -0.05) is 34.1 Å². The van der Waals surface area contributed by atoms with Crippen LogP contribution in [0.15, 0.2) is 47.3 Å². The Morgan fingerprint density at radius 1 is 1.11 bits per heavy atom. The van der Waals surface area contributed by atoms with Gasteiger partial charge in [0, 0.05) is 15.5 Å². The Morgan fingerprint density at radius 3 is 2.37 bits per heavy atom. The van der Waals surface area contributed by atoms with Crippen molar-refractivity contribution in [2.45, 2.75) is 10.8 Å². The summed E-state index contributed by atoms with van der Waals surface area (Å²) in [4.78, 5) is 0. The zero-order valence-corrected chi connectivity index (χ0v) is 15.8. The minimum absolute atomic E-state index is 0.247. The van der Waals surface area contributed by atoms with Gasteiger partial charge >= 0.3 is 0 Å². The maximum atomic E-state index is 12.1. The van der Waals surface area contributed by atoms with E-state index in [0.717, 1.165) is 18.3 Å². The SMILES string of the molecule is O=S(=O)(NCc1ccccc1Br)c1cc(Br)c(Br)s1. The molecule has 1 aromatic heterocycles. The molecule has 2 rings (SSSR count). The van der Waals surface area contributed by atoms with Gasteiger partial charge in [-0.15, -0.1) is 11.3 Å². The van der Waals surface area contributed by atoms with Crippen LogP contribution in [0.2, 0.25) is 0 Å². The van der Waals surface area contributed by atoms with Gasteiger partial charge in [-0.05, 0) is 49.6 Å². The monoisotopic (exact) mass is 487 g/mol. The van der Waals surface area contributed by atoms with Crippen molar-refractivity contribution in [1.29, 1.82) is 0 Å². The highest BCUT2D eigenvalue weighted by atomic mass is 79.9. The Morgan fingerprint density at radius 2 is 1.79 bits per heavy atom. The number of halogens is 3. The van der Waals surface area contributed by atoms with E-state index in [9.17, 15) is 8.42 Å². The predicted octanol–water partition coefficient (Wildman–Crippen LogP) is 4.51. The summed E-state index contributed by atoms with van der Waals surface area (Å²) in [5.41, 5.74) is 0.890. The molecule has 0 atom stereocenters. The maximum absolute atomic E-state index is 12.1. The third-order valence-corrected chi connectivity index (χ3v) is 8.20. The Balaban J connectivity index is 2.17. The van der Waals surface area contributed by atoms with E-state index < -0.39 is 10.0 Å². The van der Waals surface area contributed by atoms with Crippen LogP contribution in [-0.2, 0) is 16.6 Å². The second kappa shape index (κ2) is 6.36. The Labute approximate surface area is 140 Å². The number of sulfonamides is 1. The molecular formula is C11H8Br3NO2S2. The minimum Gasteiger partial charge on any atom is -0.206 e. The van der Waals surface area contributed by atoms with Crippen LogP contribution in [0, 0.1) is 0 Å². The van der Waals surface area contributed by atoms with Gasteiger partial charge in [0.2, 0.25) is 10.0 Å². The molecule has 19 heavy (non-hydrogen) atoms. The lowest BCUT2D eigenvalue weighted by Gasteiger charge is -2.06. The van der Waals surface area contributed by atoms with Crippen LogP contribution < -0.4 is 4.72 Å². The second-order valence-electron chi connectivity index (χ2n) is 3.60. The Bertz CT molecular complexity index is 678. The highest BCUT2D eigenvalue weighted by Crippen LogP contribution is 2.34. The fraction of sp³-hybridized carbons (Fsp3) is 0.0909. The summed E-state index contributed by atoms with van der Waals surface area (Å²) in [5.74, 6) is 0. The van der Waals surface area contributed by atoms with Gasteiger partial charge in [0.05, 0.1) is 3.79 Å². The lowest BCUT2D eigenvalue weighted by atomic mass is 10.2. The summed E-state index contributed by atoms with van der Waals surface area (Å²) in [5, 5.41) is 0. The van der Waals surface area contributed by atoms with Crippen LogP contribution >= 0.6 is 59.1 Å². The quantitative estimate of drug-likeness (QED) is 0.686. The molecule has 0 bridgehead atoms. The van der Waals surface area contributed by atoms with E-state index in [1.165, 1.54) is 11.3 Å². The molecular weight excluding hydrogens is 482 g/mol. The molecule has 0 saturated carbocycles. The number of thiophene rings is 1. The molecule has 102 valence electrons. The van der Waals surface area contributed by atoms with Gasteiger partial charge in [0.15, 0.2) is 0 Å². The number of hydrogen-bond donors (Lipinski definition) is 1. The topological polar surface area (TPSA) is 46.2 Å². The van der Waals surface area contributed by atoms with Crippen LogP contribution in [0.1, 0.15) is 5.56 Å². The van der Waals surface area contributed by atoms with Crippen molar-refractivity contribution in [3.05, 3.63) is 48.6 Å². The lowest BCUT2D eigenvalue weighted by molar-refractivity contribution is 0.583. The zero-order chi connectivity index (χ0) is 14.0. The van der Waals surface area contributed by atoms with Gasteiger partial charge in [0.1, 0.15) is 4.21 Å². The first-order valence-corrected chi connectivity index (χ1v) is 9.76. The Kier molecular flexibility index (Phi) is 5.24. The van der Waals surface area contributed by atoms with E-state index in [-0.39, 0.29) is 10.8 Å². The number of nitrogens with one attached hydrogen (secondary N) is 1. The molecule has 0 fully saturated rings. The summed E-state index contributed by atoms with van der Waals surface area (Å²) >= 11 is 11.1. The second-order valence-corrected chi connectivity index (χ2v) is 9.68. The molecule has 8 heteroatoms. The van der Waals surface area contributed by atoms with Crippen molar-refractivity contribution in [3.63, 3.8) is 0 Å². The van der Waals surface area contributed by atoms with Crippen molar-refractivity contribution >= 4 is 69.1 Å². The summed E-state index contributed by atoms with van der Waals surface area (Å²) in [6.07, 6.45) is 0.